The lowest BCUT2D eigenvalue weighted by atomic mass is 10.0. The van der Waals surface area contributed by atoms with Crippen molar-refractivity contribution < 1.29 is 14.3 Å². The first-order valence-corrected chi connectivity index (χ1v) is 8.31. The van der Waals surface area contributed by atoms with E-state index in [1.54, 1.807) is 0 Å². The summed E-state index contributed by atoms with van der Waals surface area (Å²) in [4.78, 5) is 12.3. The van der Waals surface area contributed by atoms with E-state index in [2.05, 4.69) is 27.7 Å². The van der Waals surface area contributed by atoms with Gasteiger partial charge in [0.05, 0.1) is 5.92 Å². The van der Waals surface area contributed by atoms with Crippen molar-refractivity contribution in [2.24, 2.45) is 16.7 Å². The Morgan fingerprint density at radius 3 is 2.17 bits per heavy atom. The Hall–Kier alpha value is -2.29. The van der Waals surface area contributed by atoms with Crippen molar-refractivity contribution in [2.75, 3.05) is 0 Å². The summed E-state index contributed by atoms with van der Waals surface area (Å²) in [7, 11) is 0. The van der Waals surface area contributed by atoms with E-state index >= 15 is 0 Å². The second-order valence-corrected chi connectivity index (χ2v) is 7.55. The Kier molecular flexibility index (Phi) is 4.12. The summed E-state index contributed by atoms with van der Waals surface area (Å²) in [6, 6.07) is 17.3. The van der Waals surface area contributed by atoms with Gasteiger partial charge in [0.1, 0.15) is 18.1 Å². The van der Waals surface area contributed by atoms with Crippen LogP contribution in [-0.2, 0) is 16.1 Å². The van der Waals surface area contributed by atoms with Crippen molar-refractivity contribution in [3.8, 4) is 11.5 Å². The van der Waals surface area contributed by atoms with Crippen LogP contribution in [0.3, 0.4) is 0 Å². The van der Waals surface area contributed by atoms with Gasteiger partial charge in [-0.25, -0.2) is 0 Å². The van der Waals surface area contributed by atoms with Crippen molar-refractivity contribution in [3.63, 3.8) is 0 Å². The molecule has 126 valence electrons. The fourth-order valence-electron chi connectivity index (χ4n) is 3.35. The smallest absolute Gasteiger partial charge is 0.310 e. The number of hydrogen-bond donors (Lipinski definition) is 0. The van der Waals surface area contributed by atoms with E-state index in [1.807, 2.05) is 54.6 Å². The molecule has 0 aromatic heterocycles. The largest absolute Gasteiger partial charge is 0.461 e. The molecule has 0 bridgehead atoms. The van der Waals surface area contributed by atoms with E-state index in [1.165, 1.54) is 0 Å². The molecular formula is C21H24O3. The lowest BCUT2D eigenvalue weighted by molar-refractivity contribution is -0.148. The Bertz CT molecular complexity index is 718. The van der Waals surface area contributed by atoms with Crippen LogP contribution in [0.5, 0.6) is 11.5 Å². The van der Waals surface area contributed by atoms with Gasteiger partial charge in [0, 0.05) is 0 Å². The van der Waals surface area contributed by atoms with Crippen LogP contribution in [0.1, 0.15) is 33.3 Å². The molecule has 1 fully saturated rings. The summed E-state index contributed by atoms with van der Waals surface area (Å²) in [5.74, 6) is 1.38. The molecule has 2 aromatic rings. The first-order chi connectivity index (χ1) is 11.3. The van der Waals surface area contributed by atoms with Gasteiger partial charge in [-0.2, -0.15) is 0 Å². The van der Waals surface area contributed by atoms with Gasteiger partial charge in [-0.1, -0.05) is 58.0 Å². The molecule has 1 saturated carbocycles. The third-order valence-electron chi connectivity index (χ3n) is 5.51. The molecule has 0 aliphatic heterocycles. The highest BCUT2D eigenvalue weighted by molar-refractivity contribution is 5.78. The van der Waals surface area contributed by atoms with Gasteiger partial charge < -0.3 is 9.47 Å². The van der Waals surface area contributed by atoms with Crippen LogP contribution >= 0.6 is 0 Å². The minimum atomic E-state index is -0.112. The number of carbonyl (C=O) groups is 1. The Morgan fingerprint density at radius 2 is 1.54 bits per heavy atom. The summed E-state index contributed by atoms with van der Waals surface area (Å²) in [6.07, 6.45) is 0. The molecule has 1 aliphatic carbocycles. The summed E-state index contributed by atoms with van der Waals surface area (Å²) in [5, 5.41) is 0. The van der Waals surface area contributed by atoms with Crippen LogP contribution in [0.4, 0.5) is 0 Å². The molecule has 0 N–H and O–H groups in total. The van der Waals surface area contributed by atoms with Crippen molar-refractivity contribution in [1.82, 2.24) is 0 Å². The maximum Gasteiger partial charge on any atom is 0.310 e. The molecule has 0 unspecified atom stereocenters. The molecule has 0 amide bonds. The first-order valence-electron chi connectivity index (χ1n) is 8.31. The van der Waals surface area contributed by atoms with Crippen LogP contribution < -0.4 is 4.74 Å². The van der Waals surface area contributed by atoms with Crippen molar-refractivity contribution in [2.45, 2.75) is 34.3 Å². The summed E-state index contributed by atoms with van der Waals surface area (Å²) < 4.78 is 11.3. The number of rotatable bonds is 5. The number of benzene rings is 2. The van der Waals surface area contributed by atoms with Crippen molar-refractivity contribution in [3.05, 3.63) is 60.2 Å². The molecule has 3 nitrogen and oxygen atoms in total. The normalized spacial score (nSPS) is 18.0. The maximum atomic E-state index is 12.3. The molecule has 0 heterocycles. The lowest BCUT2D eigenvalue weighted by Gasteiger charge is -2.09. The number of para-hydroxylation sites is 1. The standard InChI is InChI=1S/C21H24O3/c1-20(2)18(21(20,3)4)19(22)23-14-15-9-8-12-17(13-15)24-16-10-6-5-7-11-16/h5-13,18H,14H2,1-4H3. The summed E-state index contributed by atoms with van der Waals surface area (Å²) >= 11 is 0. The second kappa shape index (κ2) is 5.97. The lowest BCUT2D eigenvalue weighted by Crippen LogP contribution is -2.11. The highest BCUT2D eigenvalue weighted by Gasteiger charge is 2.69. The molecular weight excluding hydrogens is 300 g/mol. The van der Waals surface area contributed by atoms with Gasteiger partial charge in [0.25, 0.3) is 0 Å². The topological polar surface area (TPSA) is 35.5 Å². The molecule has 1 aliphatic rings. The second-order valence-electron chi connectivity index (χ2n) is 7.55. The monoisotopic (exact) mass is 324 g/mol. The van der Waals surface area contributed by atoms with E-state index in [4.69, 9.17) is 9.47 Å². The Labute approximate surface area is 143 Å². The van der Waals surface area contributed by atoms with E-state index in [-0.39, 0.29) is 29.3 Å². The molecule has 0 saturated heterocycles. The quantitative estimate of drug-likeness (QED) is 0.709. The van der Waals surface area contributed by atoms with Crippen LogP contribution in [0.25, 0.3) is 0 Å². The molecule has 2 aromatic carbocycles. The molecule has 0 atom stereocenters. The zero-order valence-corrected chi connectivity index (χ0v) is 14.7. The Balaban J connectivity index is 1.61. The minimum absolute atomic E-state index is 0.00233. The SMILES string of the molecule is CC1(C)C(C(=O)OCc2cccc(Oc3ccccc3)c2)C1(C)C. The zero-order chi connectivity index (χ0) is 17.4. The minimum Gasteiger partial charge on any atom is -0.461 e. The number of ether oxygens (including phenoxy) is 2. The first kappa shape index (κ1) is 16.6. The fraction of sp³-hybridized carbons (Fsp3) is 0.381. The predicted octanol–water partition coefficient (Wildman–Crippen LogP) is 5.20. The number of hydrogen-bond acceptors (Lipinski definition) is 3. The number of carbonyl (C=O) groups excluding carboxylic acids is 1. The van der Waals surface area contributed by atoms with E-state index in [9.17, 15) is 4.79 Å². The summed E-state index contributed by atoms with van der Waals surface area (Å²) in [5.41, 5.74) is 0.929. The van der Waals surface area contributed by atoms with E-state index < -0.39 is 0 Å². The maximum absolute atomic E-state index is 12.3. The molecule has 3 heteroatoms. The van der Waals surface area contributed by atoms with Crippen molar-refractivity contribution >= 4 is 5.97 Å². The zero-order valence-electron chi connectivity index (χ0n) is 14.7. The van der Waals surface area contributed by atoms with Gasteiger partial charge in [0.15, 0.2) is 0 Å². The molecule has 0 radical (unpaired) electrons. The van der Waals surface area contributed by atoms with Crippen LogP contribution in [0.2, 0.25) is 0 Å². The average Bonchev–Trinajstić information content (AvgIpc) is 2.96. The highest BCUT2D eigenvalue weighted by Crippen LogP contribution is 2.68. The fourth-order valence-corrected chi connectivity index (χ4v) is 3.35. The van der Waals surface area contributed by atoms with Crippen LogP contribution in [0.15, 0.2) is 54.6 Å². The van der Waals surface area contributed by atoms with Gasteiger partial charge in [0.2, 0.25) is 0 Å². The van der Waals surface area contributed by atoms with Crippen molar-refractivity contribution in [1.29, 1.82) is 0 Å². The van der Waals surface area contributed by atoms with Gasteiger partial charge in [-0.3, -0.25) is 4.79 Å². The third kappa shape index (κ3) is 3.03. The van der Waals surface area contributed by atoms with Gasteiger partial charge in [-0.05, 0) is 40.7 Å². The Morgan fingerprint density at radius 1 is 0.917 bits per heavy atom. The summed E-state index contributed by atoms with van der Waals surface area (Å²) in [6.45, 7) is 8.74. The van der Waals surface area contributed by atoms with E-state index in [0.29, 0.717) is 0 Å². The highest BCUT2D eigenvalue weighted by atomic mass is 16.5. The molecule has 3 rings (SSSR count). The molecule has 24 heavy (non-hydrogen) atoms. The average molecular weight is 324 g/mol. The molecule has 0 spiro atoms. The number of esters is 1. The van der Waals surface area contributed by atoms with Crippen LogP contribution in [-0.4, -0.2) is 5.97 Å². The van der Waals surface area contributed by atoms with Gasteiger partial charge >= 0.3 is 5.97 Å². The predicted molar refractivity (Wildman–Crippen MR) is 93.8 cm³/mol. The van der Waals surface area contributed by atoms with E-state index in [0.717, 1.165) is 17.1 Å². The van der Waals surface area contributed by atoms with Gasteiger partial charge in [-0.15, -0.1) is 0 Å². The van der Waals surface area contributed by atoms with Crippen LogP contribution in [0, 0.1) is 16.7 Å². The third-order valence-corrected chi connectivity index (χ3v) is 5.51.